The van der Waals surface area contributed by atoms with Crippen LogP contribution in [-0.2, 0) is 9.59 Å². The number of carbonyl (C=O) groups excluding carboxylic acids is 2. The van der Waals surface area contributed by atoms with Crippen molar-refractivity contribution >= 4 is 17.8 Å². The maximum absolute atomic E-state index is 12.0. The number of amides is 2. The molecule has 0 bridgehead atoms. The minimum atomic E-state index is -1.09. The van der Waals surface area contributed by atoms with Crippen molar-refractivity contribution in [1.82, 2.24) is 16.0 Å². The van der Waals surface area contributed by atoms with Crippen LogP contribution in [0.3, 0.4) is 0 Å². The Kier molecular flexibility index (Phi) is 4.89. The van der Waals surface area contributed by atoms with Gasteiger partial charge in [0.2, 0.25) is 5.91 Å². The van der Waals surface area contributed by atoms with Crippen molar-refractivity contribution < 1.29 is 19.5 Å². The van der Waals surface area contributed by atoms with Crippen molar-refractivity contribution in [2.24, 2.45) is 0 Å². The summed E-state index contributed by atoms with van der Waals surface area (Å²) in [5.74, 6) is -1.64. The topological polar surface area (TPSA) is 108 Å². The number of benzene rings is 1. The van der Waals surface area contributed by atoms with Gasteiger partial charge in [-0.2, -0.15) is 0 Å². The summed E-state index contributed by atoms with van der Waals surface area (Å²) in [6.07, 6.45) is 0.435. The lowest BCUT2D eigenvalue weighted by molar-refractivity contribution is -0.138. The molecule has 1 aromatic rings. The molecule has 1 aliphatic rings. The molecule has 1 aliphatic heterocycles. The number of carboxylic acid groups (broad SMARTS) is 1. The predicted octanol–water partition coefficient (Wildman–Crippen LogP) is -0.652. The van der Waals surface area contributed by atoms with Gasteiger partial charge in [-0.1, -0.05) is 18.2 Å². The maximum atomic E-state index is 12.0. The van der Waals surface area contributed by atoms with Gasteiger partial charge in [-0.05, 0) is 18.6 Å². The summed E-state index contributed by atoms with van der Waals surface area (Å²) in [6.45, 7) is 0.0712. The molecule has 1 heterocycles. The first-order valence-corrected chi connectivity index (χ1v) is 6.65. The van der Waals surface area contributed by atoms with Crippen LogP contribution in [0.15, 0.2) is 30.3 Å². The fourth-order valence-corrected chi connectivity index (χ4v) is 2.19. The lowest BCUT2D eigenvalue weighted by atomic mass is 10.1. The first-order valence-electron chi connectivity index (χ1n) is 6.65. The van der Waals surface area contributed by atoms with E-state index >= 15 is 0 Å². The molecule has 0 radical (unpaired) electrons. The van der Waals surface area contributed by atoms with E-state index in [4.69, 9.17) is 5.11 Å². The van der Waals surface area contributed by atoms with Gasteiger partial charge in [-0.25, -0.2) is 0 Å². The van der Waals surface area contributed by atoms with Gasteiger partial charge in [-0.3, -0.25) is 14.4 Å². The van der Waals surface area contributed by atoms with Crippen molar-refractivity contribution in [3.63, 3.8) is 0 Å². The van der Waals surface area contributed by atoms with Crippen LogP contribution in [0.5, 0.6) is 0 Å². The minimum absolute atomic E-state index is 0.154. The Bertz CT molecular complexity index is 532. The molecule has 0 aromatic heterocycles. The molecule has 1 fully saturated rings. The molecule has 0 aliphatic carbocycles. The Labute approximate surface area is 121 Å². The van der Waals surface area contributed by atoms with Gasteiger partial charge >= 0.3 is 5.97 Å². The molecular formula is C14H17N3O4. The molecule has 2 amide bonds. The van der Waals surface area contributed by atoms with Crippen molar-refractivity contribution in [3.8, 4) is 0 Å². The van der Waals surface area contributed by atoms with Gasteiger partial charge in [0.15, 0.2) is 0 Å². The van der Waals surface area contributed by atoms with Crippen LogP contribution >= 0.6 is 0 Å². The number of nitrogens with one attached hydrogen (secondary N) is 3. The van der Waals surface area contributed by atoms with Gasteiger partial charge in [0, 0.05) is 18.2 Å². The number of hydrogen-bond acceptors (Lipinski definition) is 4. The van der Waals surface area contributed by atoms with E-state index in [2.05, 4.69) is 16.0 Å². The Morgan fingerprint density at radius 2 is 1.95 bits per heavy atom. The number of rotatable bonds is 5. The molecule has 2 rings (SSSR count). The monoisotopic (exact) mass is 291 g/mol. The Hall–Kier alpha value is -2.41. The van der Waals surface area contributed by atoms with Gasteiger partial charge in [0.25, 0.3) is 5.91 Å². The lowest BCUT2D eigenvalue weighted by Gasteiger charge is -2.12. The fraction of sp³-hybridized carbons (Fsp3) is 0.357. The number of aliphatic carboxylic acids is 1. The normalized spacial score (nSPS) is 20.8. The third-order valence-electron chi connectivity index (χ3n) is 3.23. The van der Waals surface area contributed by atoms with Crippen LogP contribution < -0.4 is 16.0 Å². The van der Waals surface area contributed by atoms with Crippen LogP contribution in [0.25, 0.3) is 0 Å². The average molecular weight is 291 g/mol. The highest BCUT2D eigenvalue weighted by Gasteiger charge is 2.30. The Morgan fingerprint density at radius 1 is 1.24 bits per heavy atom. The van der Waals surface area contributed by atoms with E-state index in [1.807, 2.05) is 6.07 Å². The molecule has 21 heavy (non-hydrogen) atoms. The third kappa shape index (κ3) is 4.28. The molecule has 2 atom stereocenters. The smallest absolute Gasteiger partial charge is 0.322 e. The molecule has 112 valence electrons. The molecule has 2 unspecified atom stereocenters. The average Bonchev–Trinajstić information content (AvgIpc) is 2.94. The molecular weight excluding hydrogens is 274 g/mol. The van der Waals surface area contributed by atoms with E-state index in [1.54, 1.807) is 24.3 Å². The molecule has 4 N–H and O–H groups in total. The fourth-order valence-electron chi connectivity index (χ4n) is 2.19. The number of carboxylic acids is 1. The highest BCUT2D eigenvalue weighted by atomic mass is 16.4. The number of carbonyl (C=O) groups is 3. The summed E-state index contributed by atoms with van der Waals surface area (Å²) in [5, 5.41) is 16.6. The van der Waals surface area contributed by atoms with Crippen molar-refractivity contribution in [1.29, 1.82) is 0 Å². The summed E-state index contributed by atoms with van der Waals surface area (Å²) in [6, 6.07) is 8.19. The van der Waals surface area contributed by atoms with Crippen LogP contribution in [0.4, 0.5) is 0 Å². The van der Waals surface area contributed by atoms with Gasteiger partial charge in [0.1, 0.15) is 6.54 Å². The predicted molar refractivity (Wildman–Crippen MR) is 74.7 cm³/mol. The molecule has 0 spiro atoms. The summed E-state index contributed by atoms with van der Waals surface area (Å²) in [7, 11) is 0. The maximum Gasteiger partial charge on any atom is 0.322 e. The quantitative estimate of drug-likeness (QED) is 0.576. The van der Waals surface area contributed by atoms with E-state index in [0.29, 0.717) is 18.5 Å². The SMILES string of the molecule is O=C(O)CNC(=O)C1CC(NC(=O)c2ccccc2)CN1. The molecule has 1 aromatic carbocycles. The zero-order valence-corrected chi connectivity index (χ0v) is 11.3. The molecule has 0 saturated carbocycles. The molecule has 7 nitrogen and oxygen atoms in total. The van der Waals surface area contributed by atoms with E-state index in [9.17, 15) is 14.4 Å². The van der Waals surface area contributed by atoms with Crippen molar-refractivity contribution in [2.75, 3.05) is 13.1 Å². The largest absolute Gasteiger partial charge is 0.480 e. The van der Waals surface area contributed by atoms with E-state index in [-0.39, 0.29) is 17.9 Å². The van der Waals surface area contributed by atoms with E-state index in [1.165, 1.54) is 0 Å². The summed E-state index contributed by atoms with van der Waals surface area (Å²) >= 11 is 0. The second-order valence-corrected chi connectivity index (χ2v) is 4.84. The highest BCUT2D eigenvalue weighted by Crippen LogP contribution is 2.08. The summed E-state index contributed by atoms with van der Waals surface area (Å²) < 4.78 is 0. The number of hydrogen-bond donors (Lipinski definition) is 4. The van der Waals surface area contributed by atoms with E-state index < -0.39 is 18.6 Å². The minimum Gasteiger partial charge on any atom is -0.480 e. The van der Waals surface area contributed by atoms with E-state index in [0.717, 1.165) is 0 Å². The van der Waals surface area contributed by atoms with Gasteiger partial charge in [-0.15, -0.1) is 0 Å². The first-order chi connectivity index (χ1) is 10.1. The van der Waals surface area contributed by atoms with Crippen LogP contribution in [-0.4, -0.2) is 48.1 Å². The lowest BCUT2D eigenvalue weighted by Crippen LogP contribution is -2.42. The van der Waals surface area contributed by atoms with Crippen LogP contribution in [0.1, 0.15) is 16.8 Å². The van der Waals surface area contributed by atoms with Crippen molar-refractivity contribution in [2.45, 2.75) is 18.5 Å². The van der Waals surface area contributed by atoms with Crippen LogP contribution in [0.2, 0.25) is 0 Å². The first kappa shape index (κ1) is 15.0. The zero-order chi connectivity index (χ0) is 15.2. The standard InChI is InChI=1S/C14H17N3O4/c18-12(19)8-16-14(21)11-6-10(7-15-11)17-13(20)9-4-2-1-3-5-9/h1-5,10-11,15H,6-8H2,(H,16,21)(H,17,20)(H,18,19). The zero-order valence-electron chi connectivity index (χ0n) is 11.3. The Morgan fingerprint density at radius 3 is 2.62 bits per heavy atom. The molecule has 7 heteroatoms. The van der Waals surface area contributed by atoms with Gasteiger partial charge < -0.3 is 21.1 Å². The summed E-state index contributed by atoms with van der Waals surface area (Å²) in [4.78, 5) is 34.1. The van der Waals surface area contributed by atoms with Gasteiger partial charge in [0.05, 0.1) is 6.04 Å². The molecule has 1 saturated heterocycles. The van der Waals surface area contributed by atoms with Crippen molar-refractivity contribution in [3.05, 3.63) is 35.9 Å². The second kappa shape index (κ2) is 6.85. The highest BCUT2D eigenvalue weighted by molar-refractivity contribution is 5.94. The van der Waals surface area contributed by atoms with Crippen LogP contribution in [0, 0.1) is 0 Å². The second-order valence-electron chi connectivity index (χ2n) is 4.84. The third-order valence-corrected chi connectivity index (χ3v) is 3.23. The Balaban J connectivity index is 1.81. The summed E-state index contributed by atoms with van der Waals surface area (Å²) in [5.41, 5.74) is 0.566.